The smallest absolute Gasteiger partial charge is 0.252 e. The number of thiophene rings is 1. The summed E-state index contributed by atoms with van der Waals surface area (Å²) in [5, 5.41) is 4.63. The third-order valence-corrected chi connectivity index (χ3v) is 8.49. The molecule has 6 nitrogen and oxygen atoms in total. The predicted octanol–water partition coefficient (Wildman–Crippen LogP) is 5.11. The van der Waals surface area contributed by atoms with Crippen LogP contribution in [0, 0.1) is 0 Å². The van der Waals surface area contributed by atoms with Crippen molar-refractivity contribution in [2.45, 2.75) is 35.9 Å². The van der Waals surface area contributed by atoms with Crippen molar-refractivity contribution in [2.75, 3.05) is 11.9 Å². The molecule has 162 valence electrons. The lowest BCUT2D eigenvalue weighted by atomic mass is 10.0. The fourth-order valence-electron chi connectivity index (χ4n) is 3.68. The maximum absolute atomic E-state index is 13.0. The average Bonchev–Trinajstić information content (AvgIpc) is 3.32. The highest BCUT2D eigenvalue weighted by Crippen LogP contribution is 2.29. The molecule has 1 N–H and O–H groups in total. The number of rotatable bonds is 7. The van der Waals surface area contributed by atoms with E-state index in [9.17, 15) is 13.2 Å². The van der Waals surface area contributed by atoms with E-state index < -0.39 is 10.0 Å². The van der Waals surface area contributed by atoms with Gasteiger partial charge in [0.2, 0.25) is 5.91 Å². The Morgan fingerprint density at radius 1 is 1.00 bits per heavy atom. The standard InChI is InChI=1S/C23H24N2O4S2/c26-22(24-18-11-13-21(14-12-18)29-20-8-2-1-3-9-20)17-19-7-4-5-15-25(19)31(27,28)23-10-6-16-30-23/h1-3,6,8-14,16,19H,4-5,7,15,17H2,(H,24,26)/t19-/m1/s1. The van der Waals surface area contributed by atoms with E-state index in [1.54, 1.807) is 41.8 Å². The molecule has 2 aromatic carbocycles. The second kappa shape index (κ2) is 9.64. The lowest BCUT2D eigenvalue weighted by Crippen LogP contribution is -2.45. The molecule has 1 amide bonds. The number of carbonyl (C=O) groups is 1. The number of carbonyl (C=O) groups excluding carboxylic acids is 1. The summed E-state index contributed by atoms with van der Waals surface area (Å²) < 4.78 is 33.5. The molecule has 0 saturated carbocycles. The Morgan fingerprint density at radius 3 is 2.45 bits per heavy atom. The highest BCUT2D eigenvalue weighted by molar-refractivity contribution is 7.91. The molecular weight excluding hydrogens is 432 g/mol. The van der Waals surface area contributed by atoms with Crippen molar-refractivity contribution in [1.29, 1.82) is 0 Å². The summed E-state index contributed by atoms with van der Waals surface area (Å²) in [5.74, 6) is 1.21. The van der Waals surface area contributed by atoms with Crippen LogP contribution in [0.1, 0.15) is 25.7 Å². The first kappa shape index (κ1) is 21.5. The molecule has 0 unspecified atom stereocenters. The van der Waals surface area contributed by atoms with Crippen LogP contribution in [0.3, 0.4) is 0 Å². The highest BCUT2D eigenvalue weighted by atomic mass is 32.2. The molecule has 4 rings (SSSR count). The summed E-state index contributed by atoms with van der Waals surface area (Å²) in [6.45, 7) is 0.448. The SMILES string of the molecule is O=C(C[C@H]1CCCCN1S(=O)(=O)c1cccs1)Nc1ccc(Oc2ccccc2)cc1. The van der Waals surface area contributed by atoms with Gasteiger partial charge in [0.1, 0.15) is 15.7 Å². The number of para-hydroxylation sites is 1. The quantitative estimate of drug-likeness (QED) is 0.536. The molecule has 0 spiro atoms. The van der Waals surface area contributed by atoms with Crippen LogP contribution in [0.15, 0.2) is 76.3 Å². The van der Waals surface area contributed by atoms with Crippen molar-refractivity contribution in [2.24, 2.45) is 0 Å². The Morgan fingerprint density at radius 2 is 1.74 bits per heavy atom. The largest absolute Gasteiger partial charge is 0.457 e. The number of sulfonamides is 1. The van der Waals surface area contributed by atoms with Gasteiger partial charge >= 0.3 is 0 Å². The van der Waals surface area contributed by atoms with E-state index in [1.807, 2.05) is 30.3 Å². The summed E-state index contributed by atoms with van der Waals surface area (Å²) in [6.07, 6.45) is 2.54. The van der Waals surface area contributed by atoms with Gasteiger partial charge in [0.25, 0.3) is 10.0 Å². The van der Waals surface area contributed by atoms with Gasteiger partial charge in [-0.3, -0.25) is 4.79 Å². The van der Waals surface area contributed by atoms with Gasteiger partial charge in [0, 0.05) is 24.7 Å². The van der Waals surface area contributed by atoms with Gasteiger partial charge < -0.3 is 10.1 Å². The Balaban J connectivity index is 1.38. The van der Waals surface area contributed by atoms with Crippen LogP contribution in [-0.4, -0.2) is 31.2 Å². The molecule has 31 heavy (non-hydrogen) atoms. The van der Waals surface area contributed by atoms with Gasteiger partial charge in [0.05, 0.1) is 0 Å². The predicted molar refractivity (Wildman–Crippen MR) is 122 cm³/mol. The first-order valence-corrected chi connectivity index (χ1v) is 12.5. The molecule has 1 saturated heterocycles. The molecule has 8 heteroatoms. The van der Waals surface area contributed by atoms with E-state index in [2.05, 4.69) is 5.32 Å². The highest BCUT2D eigenvalue weighted by Gasteiger charge is 2.35. The van der Waals surface area contributed by atoms with Crippen LogP contribution in [0.2, 0.25) is 0 Å². The fraction of sp³-hybridized carbons (Fsp3) is 0.261. The van der Waals surface area contributed by atoms with Gasteiger partial charge in [-0.25, -0.2) is 8.42 Å². The number of benzene rings is 2. The lowest BCUT2D eigenvalue weighted by molar-refractivity contribution is -0.117. The number of hydrogen-bond donors (Lipinski definition) is 1. The van der Waals surface area contributed by atoms with Crippen LogP contribution in [0.25, 0.3) is 0 Å². The van der Waals surface area contributed by atoms with Crippen molar-refractivity contribution in [3.05, 3.63) is 72.1 Å². The van der Waals surface area contributed by atoms with Gasteiger partial charge in [-0.1, -0.05) is 30.7 Å². The molecule has 1 aromatic heterocycles. The topological polar surface area (TPSA) is 75.7 Å². The number of nitrogens with zero attached hydrogens (tertiary/aromatic N) is 1. The summed E-state index contributed by atoms with van der Waals surface area (Å²) >= 11 is 1.21. The Labute approximate surface area is 186 Å². The molecule has 2 heterocycles. The maximum Gasteiger partial charge on any atom is 0.252 e. The van der Waals surface area contributed by atoms with Crippen molar-refractivity contribution in [1.82, 2.24) is 4.31 Å². The van der Waals surface area contributed by atoms with Gasteiger partial charge in [-0.05, 0) is 60.7 Å². The normalized spacial score (nSPS) is 17.2. The number of nitrogens with one attached hydrogen (secondary N) is 1. The molecule has 0 radical (unpaired) electrons. The number of piperidine rings is 1. The van der Waals surface area contributed by atoms with E-state index >= 15 is 0 Å². The van der Waals surface area contributed by atoms with Gasteiger partial charge in [-0.15, -0.1) is 11.3 Å². The van der Waals surface area contributed by atoms with Crippen molar-refractivity contribution >= 4 is 33.0 Å². The van der Waals surface area contributed by atoms with Crippen molar-refractivity contribution in [3.63, 3.8) is 0 Å². The third-order valence-electron chi connectivity index (χ3n) is 5.17. The maximum atomic E-state index is 13.0. The monoisotopic (exact) mass is 456 g/mol. The third kappa shape index (κ3) is 5.33. The van der Waals surface area contributed by atoms with E-state index in [0.29, 0.717) is 28.6 Å². The zero-order valence-corrected chi connectivity index (χ0v) is 18.6. The number of ether oxygens (including phenoxy) is 1. The van der Waals surface area contributed by atoms with Crippen LogP contribution < -0.4 is 10.1 Å². The van der Waals surface area contributed by atoms with Crippen LogP contribution in [-0.2, 0) is 14.8 Å². The van der Waals surface area contributed by atoms with E-state index in [1.165, 1.54) is 15.6 Å². The van der Waals surface area contributed by atoms with Crippen LogP contribution in [0.4, 0.5) is 5.69 Å². The summed E-state index contributed by atoms with van der Waals surface area (Å²) in [7, 11) is -3.57. The minimum atomic E-state index is -3.57. The minimum Gasteiger partial charge on any atom is -0.457 e. The van der Waals surface area contributed by atoms with Crippen LogP contribution >= 0.6 is 11.3 Å². The van der Waals surface area contributed by atoms with Crippen molar-refractivity contribution in [3.8, 4) is 11.5 Å². The summed E-state index contributed by atoms with van der Waals surface area (Å²) in [5.41, 5.74) is 0.647. The molecular formula is C23H24N2O4S2. The van der Waals surface area contributed by atoms with E-state index in [-0.39, 0.29) is 18.4 Å². The minimum absolute atomic E-state index is 0.132. The second-order valence-corrected chi connectivity index (χ2v) is 10.5. The zero-order chi connectivity index (χ0) is 21.7. The van der Waals surface area contributed by atoms with E-state index in [4.69, 9.17) is 4.74 Å². The first-order valence-electron chi connectivity index (χ1n) is 10.2. The Hall–Kier alpha value is -2.68. The zero-order valence-electron chi connectivity index (χ0n) is 16.9. The Bertz CT molecular complexity index is 1100. The Kier molecular flexibility index (Phi) is 6.70. The van der Waals surface area contributed by atoms with Gasteiger partial charge in [-0.2, -0.15) is 4.31 Å². The summed E-state index contributed by atoms with van der Waals surface area (Å²) in [4.78, 5) is 12.7. The molecule has 3 aromatic rings. The number of anilines is 1. The van der Waals surface area contributed by atoms with Crippen LogP contribution in [0.5, 0.6) is 11.5 Å². The van der Waals surface area contributed by atoms with Gasteiger partial charge in [0.15, 0.2) is 0 Å². The van der Waals surface area contributed by atoms with Crippen molar-refractivity contribution < 1.29 is 17.9 Å². The molecule has 1 aliphatic rings. The summed E-state index contributed by atoms with van der Waals surface area (Å²) in [6, 6.07) is 19.6. The molecule has 0 aliphatic carbocycles. The number of hydrogen-bond acceptors (Lipinski definition) is 5. The molecule has 0 bridgehead atoms. The second-order valence-electron chi connectivity index (χ2n) is 7.39. The molecule has 1 fully saturated rings. The average molecular weight is 457 g/mol. The molecule has 1 aliphatic heterocycles. The lowest BCUT2D eigenvalue weighted by Gasteiger charge is -2.34. The fourth-order valence-corrected chi connectivity index (χ4v) is 6.49. The first-order chi connectivity index (χ1) is 15.0. The number of amides is 1. The van der Waals surface area contributed by atoms with E-state index in [0.717, 1.165) is 18.6 Å². The molecule has 1 atom stereocenters.